The van der Waals surface area contributed by atoms with Crippen molar-refractivity contribution in [1.29, 1.82) is 0 Å². The number of carbonyl (C=O) groups is 2. The summed E-state index contributed by atoms with van der Waals surface area (Å²) in [5.74, 6) is -0.730. The van der Waals surface area contributed by atoms with Crippen LogP contribution in [0.25, 0.3) is 11.3 Å². The Morgan fingerprint density at radius 3 is 2.31 bits per heavy atom. The first-order valence-corrected chi connectivity index (χ1v) is 11.9. The van der Waals surface area contributed by atoms with Gasteiger partial charge in [-0.1, -0.05) is 6.07 Å². The van der Waals surface area contributed by atoms with Gasteiger partial charge < -0.3 is 10.1 Å². The fourth-order valence-electron chi connectivity index (χ4n) is 4.10. The average Bonchev–Trinajstić information content (AvgIpc) is 3.26. The molecule has 1 aliphatic heterocycles. The van der Waals surface area contributed by atoms with Gasteiger partial charge in [-0.25, -0.2) is 9.78 Å². The lowest BCUT2D eigenvalue weighted by Gasteiger charge is -2.23. The van der Waals surface area contributed by atoms with Crippen LogP contribution in [0.3, 0.4) is 0 Å². The zero-order chi connectivity index (χ0) is 28.7. The highest BCUT2D eigenvalue weighted by molar-refractivity contribution is 6.08. The summed E-state index contributed by atoms with van der Waals surface area (Å²) in [5, 5.41) is 13.6. The number of hydrogen-bond acceptors (Lipinski definition) is 6. The molecule has 0 bridgehead atoms. The van der Waals surface area contributed by atoms with E-state index in [0.717, 1.165) is 6.07 Å². The number of aromatic nitrogens is 1. The summed E-state index contributed by atoms with van der Waals surface area (Å²) in [7, 11) is 0. The second-order valence-corrected chi connectivity index (χ2v) is 10.1. The van der Waals surface area contributed by atoms with Gasteiger partial charge in [-0.2, -0.15) is 13.2 Å². The second-order valence-electron chi connectivity index (χ2n) is 10.1. The fourth-order valence-corrected chi connectivity index (χ4v) is 4.10. The fraction of sp³-hybridized carbons (Fsp3) is 0.296. The van der Waals surface area contributed by atoms with Crippen molar-refractivity contribution >= 4 is 23.4 Å². The predicted molar refractivity (Wildman–Crippen MR) is 136 cm³/mol. The molecule has 4 rings (SSSR count). The van der Waals surface area contributed by atoms with Crippen LogP contribution in [0.5, 0.6) is 0 Å². The standard InChI is InChI=1S/C27H25F3N4O5/c1-15-5-8-18(12-21(15)27(28,29)30)31-24(35)20-11-17-13-33(25(36)39-26(2,3)4)14-22(17)32-23(20)16-6-9-19(10-7-16)34(37)38/h5-12H,13-14H2,1-4H3,(H,31,35). The number of aryl methyl sites for hydroxylation is 1. The molecule has 0 radical (unpaired) electrons. The van der Waals surface area contributed by atoms with Crippen LogP contribution >= 0.6 is 0 Å². The highest BCUT2D eigenvalue weighted by Gasteiger charge is 2.33. The zero-order valence-electron chi connectivity index (χ0n) is 21.5. The minimum atomic E-state index is -4.60. The Morgan fingerprint density at radius 2 is 1.72 bits per heavy atom. The van der Waals surface area contributed by atoms with E-state index in [1.165, 1.54) is 54.3 Å². The summed E-state index contributed by atoms with van der Waals surface area (Å²) >= 11 is 0. The summed E-state index contributed by atoms with van der Waals surface area (Å²) in [6, 6.07) is 10.4. The lowest BCUT2D eigenvalue weighted by molar-refractivity contribution is -0.384. The minimum absolute atomic E-state index is 0.00787. The summed E-state index contributed by atoms with van der Waals surface area (Å²) in [6.45, 7) is 6.74. The number of anilines is 1. The number of nitro benzene ring substituents is 1. The Balaban J connectivity index is 1.73. The van der Waals surface area contributed by atoms with E-state index in [9.17, 15) is 32.9 Å². The van der Waals surface area contributed by atoms with Gasteiger partial charge in [-0.15, -0.1) is 0 Å². The van der Waals surface area contributed by atoms with Crippen molar-refractivity contribution in [3.05, 3.63) is 86.6 Å². The van der Waals surface area contributed by atoms with Gasteiger partial charge in [0.1, 0.15) is 5.60 Å². The van der Waals surface area contributed by atoms with Crippen molar-refractivity contribution in [2.45, 2.75) is 52.6 Å². The summed E-state index contributed by atoms with van der Waals surface area (Å²) in [6.07, 6.45) is -5.17. The van der Waals surface area contributed by atoms with E-state index in [2.05, 4.69) is 10.3 Å². The predicted octanol–water partition coefficient (Wildman–Crippen LogP) is 6.49. The van der Waals surface area contributed by atoms with Crippen LogP contribution in [0.1, 0.15) is 53.5 Å². The molecule has 39 heavy (non-hydrogen) atoms. The van der Waals surface area contributed by atoms with Crippen LogP contribution in [-0.2, 0) is 24.0 Å². The number of pyridine rings is 1. The molecule has 9 nitrogen and oxygen atoms in total. The van der Waals surface area contributed by atoms with Gasteiger partial charge in [0.05, 0.1) is 40.5 Å². The molecule has 2 heterocycles. The summed E-state index contributed by atoms with van der Waals surface area (Å²) < 4.78 is 45.6. The number of alkyl halides is 3. The molecular weight excluding hydrogens is 517 g/mol. The van der Waals surface area contributed by atoms with E-state index in [1.54, 1.807) is 20.8 Å². The quantitative estimate of drug-likeness (QED) is 0.298. The van der Waals surface area contributed by atoms with Crippen molar-refractivity contribution in [1.82, 2.24) is 9.88 Å². The molecule has 0 aliphatic carbocycles. The van der Waals surface area contributed by atoms with Gasteiger partial charge in [0.25, 0.3) is 11.6 Å². The number of hydrogen-bond donors (Lipinski definition) is 1. The number of ether oxygens (including phenoxy) is 1. The molecule has 12 heteroatoms. The third-order valence-electron chi connectivity index (χ3n) is 5.94. The van der Waals surface area contributed by atoms with E-state index < -0.39 is 34.3 Å². The molecule has 0 unspecified atom stereocenters. The third-order valence-corrected chi connectivity index (χ3v) is 5.94. The first kappa shape index (κ1) is 27.6. The highest BCUT2D eigenvalue weighted by Crippen LogP contribution is 2.35. The Hall–Kier alpha value is -4.48. The largest absolute Gasteiger partial charge is 0.444 e. The SMILES string of the molecule is Cc1ccc(NC(=O)c2cc3c(nc2-c2ccc([N+](=O)[O-])cc2)CN(C(=O)OC(C)(C)C)C3)cc1C(F)(F)F. The van der Waals surface area contributed by atoms with Gasteiger partial charge in [0.15, 0.2) is 0 Å². The zero-order valence-corrected chi connectivity index (χ0v) is 21.5. The van der Waals surface area contributed by atoms with Crippen molar-refractivity contribution in [3.8, 4) is 11.3 Å². The first-order chi connectivity index (χ1) is 18.1. The molecule has 3 aromatic rings. The monoisotopic (exact) mass is 542 g/mol. The molecule has 0 fully saturated rings. The Kier molecular flexibility index (Phi) is 7.07. The van der Waals surface area contributed by atoms with Crippen molar-refractivity contribution in [2.75, 3.05) is 5.32 Å². The van der Waals surface area contributed by atoms with Crippen molar-refractivity contribution < 1.29 is 32.4 Å². The number of benzene rings is 2. The molecule has 204 valence electrons. The Labute approximate surface area is 221 Å². The molecule has 1 aromatic heterocycles. The Morgan fingerprint density at radius 1 is 1.05 bits per heavy atom. The third kappa shape index (κ3) is 6.16. The molecule has 0 saturated carbocycles. The summed E-state index contributed by atoms with van der Waals surface area (Å²) in [4.78, 5) is 42.6. The van der Waals surface area contributed by atoms with E-state index in [4.69, 9.17) is 4.74 Å². The molecule has 2 amide bonds. The van der Waals surface area contributed by atoms with E-state index in [1.807, 2.05) is 0 Å². The number of rotatable bonds is 4. The smallest absolute Gasteiger partial charge is 0.416 e. The molecule has 1 N–H and O–H groups in total. The van der Waals surface area contributed by atoms with E-state index in [-0.39, 0.29) is 41.3 Å². The molecular formula is C27H25F3N4O5. The lowest BCUT2D eigenvalue weighted by atomic mass is 10.0. The molecule has 0 atom stereocenters. The maximum absolute atomic E-state index is 13.4. The van der Waals surface area contributed by atoms with E-state index >= 15 is 0 Å². The van der Waals surface area contributed by atoms with Crippen molar-refractivity contribution in [2.24, 2.45) is 0 Å². The van der Waals surface area contributed by atoms with Crippen LogP contribution in [0.2, 0.25) is 0 Å². The van der Waals surface area contributed by atoms with Gasteiger partial charge in [0.2, 0.25) is 0 Å². The number of halogens is 3. The van der Waals surface area contributed by atoms with Gasteiger partial charge in [-0.3, -0.25) is 19.8 Å². The van der Waals surface area contributed by atoms with Crippen LogP contribution in [-0.4, -0.2) is 32.4 Å². The molecule has 2 aromatic carbocycles. The maximum Gasteiger partial charge on any atom is 0.416 e. The van der Waals surface area contributed by atoms with Gasteiger partial charge in [-0.05, 0) is 69.2 Å². The number of carbonyl (C=O) groups excluding carboxylic acids is 2. The molecule has 0 saturated heterocycles. The molecule has 1 aliphatic rings. The average molecular weight is 543 g/mol. The minimum Gasteiger partial charge on any atom is -0.444 e. The topological polar surface area (TPSA) is 115 Å². The number of nitrogens with zero attached hydrogens (tertiary/aromatic N) is 3. The number of nitro groups is 1. The molecule has 0 spiro atoms. The second kappa shape index (κ2) is 10.0. The lowest BCUT2D eigenvalue weighted by Crippen LogP contribution is -2.33. The highest BCUT2D eigenvalue weighted by atomic mass is 19.4. The van der Waals surface area contributed by atoms with Crippen molar-refractivity contribution in [3.63, 3.8) is 0 Å². The van der Waals surface area contributed by atoms with Crippen LogP contribution in [0, 0.1) is 17.0 Å². The first-order valence-electron chi connectivity index (χ1n) is 11.9. The van der Waals surface area contributed by atoms with Crippen LogP contribution < -0.4 is 5.32 Å². The normalized spacial score (nSPS) is 13.2. The number of fused-ring (bicyclic) bond motifs is 1. The maximum atomic E-state index is 13.4. The van der Waals surface area contributed by atoms with Crippen LogP contribution in [0.15, 0.2) is 48.5 Å². The van der Waals surface area contributed by atoms with Gasteiger partial charge >= 0.3 is 12.3 Å². The number of amides is 2. The number of non-ortho nitro benzene ring substituents is 1. The Bertz CT molecular complexity index is 1460. The summed E-state index contributed by atoms with van der Waals surface area (Å²) in [5.41, 5.74) is -0.189. The van der Waals surface area contributed by atoms with Crippen LogP contribution in [0.4, 0.5) is 29.3 Å². The van der Waals surface area contributed by atoms with Gasteiger partial charge in [0, 0.05) is 23.4 Å². The number of nitrogens with one attached hydrogen (secondary N) is 1. The van der Waals surface area contributed by atoms with E-state index in [0.29, 0.717) is 16.8 Å².